The fourth-order valence-corrected chi connectivity index (χ4v) is 4.20. The van der Waals surface area contributed by atoms with Crippen LogP contribution in [0.3, 0.4) is 0 Å². The fourth-order valence-electron chi connectivity index (χ4n) is 3.80. The van der Waals surface area contributed by atoms with Crippen LogP contribution in [-0.2, 0) is 5.54 Å². The van der Waals surface area contributed by atoms with Gasteiger partial charge in [-0.1, -0.05) is 40.2 Å². The standard InChI is InChI=1S/C20H24BrNO/c1-15(16-8-10-19(23-3)11-9-16)22-13-5-12-20(22,2)17-6-4-7-18(21)14-17/h4,6-11,14-15H,5,12-13H2,1-3H3/t15-,20+/m0/s1. The summed E-state index contributed by atoms with van der Waals surface area (Å²) in [6, 6.07) is 17.6. The fraction of sp³-hybridized carbons (Fsp3) is 0.400. The highest BCUT2D eigenvalue weighted by atomic mass is 79.9. The number of hydrogen-bond donors (Lipinski definition) is 0. The van der Waals surface area contributed by atoms with Gasteiger partial charge in [0, 0.05) is 16.1 Å². The Bertz CT molecular complexity index is 670. The van der Waals surface area contributed by atoms with Crippen LogP contribution in [0.25, 0.3) is 0 Å². The lowest BCUT2D eigenvalue weighted by Gasteiger charge is -2.40. The number of methoxy groups -OCH3 is 1. The summed E-state index contributed by atoms with van der Waals surface area (Å²) in [7, 11) is 1.71. The first-order chi connectivity index (χ1) is 11.0. The lowest BCUT2D eigenvalue weighted by Crippen LogP contribution is -2.40. The molecule has 122 valence electrons. The molecule has 0 spiro atoms. The number of nitrogens with zero attached hydrogens (tertiary/aromatic N) is 1. The van der Waals surface area contributed by atoms with Crippen LogP contribution in [0.1, 0.15) is 43.9 Å². The molecule has 0 saturated carbocycles. The van der Waals surface area contributed by atoms with Gasteiger partial charge in [-0.3, -0.25) is 4.90 Å². The molecule has 1 saturated heterocycles. The van der Waals surface area contributed by atoms with Crippen molar-refractivity contribution in [3.05, 3.63) is 64.1 Å². The second-order valence-corrected chi connectivity index (χ2v) is 7.45. The molecule has 2 aromatic carbocycles. The first-order valence-corrected chi connectivity index (χ1v) is 9.00. The van der Waals surface area contributed by atoms with E-state index in [4.69, 9.17) is 4.74 Å². The van der Waals surface area contributed by atoms with Crippen LogP contribution in [0.5, 0.6) is 5.75 Å². The summed E-state index contributed by atoms with van der Waals surface area (Å²) in [6.07, 6.45) is 2.44. The number of likely N-dealkylation sites (tertiary alicyclic amines) is 1. The van der Waals surface area contributed by atoms with Crippen LogP contribution in [0, 0.1) is 0 Å². The number of ether oxygens (including phenoxy) is 1. The molecule has 1 aliphatic rings. The zero-order valence-corrected chi connectivity index (χ0v) is 15.6. The van der Waals surface area contributed by atoms with Gasteiger partial charge < -0.3 is 4.74 Å². The third-order valence-corrected chi connectivity index (χ3v) is 5.70. The average Bonchev–Trinajstić information content (AvgIpc) is 2.97. The van der Waals surface area contributed by atoms with E-state index < -0.39 is 0 Å². The summed E-state index contributed by atoms with van der Waals surface area (Å²) in [4.78, 5) is 2.64. The topological polar surface area (TPSA) is 12.5 Å². The van der Waals surface area contributed by atoms with Crippen LogP contribution in [0.2, 0.25) is 0 Å². The number of rotatable bonds is 4. The first-order valence-electron chi connectivity index (χ1n) is 8.21. The van der Waals surface area contributed by atoms with Gasteiger partial charge in [0.05, 0.1) is 7.11 Å². The zero-order valence-electron chi connectivity index (χ0n) is 14.1. The molecule has 3 rings (SSSR count). The molecule has 23 heavy (non-hydrogen) atoms. The Balaban J connectivity index is 1.90. The van der Waals surface area contributed by atoms with Crippen LogP contribution < -0.4 is 4.74 Å². The summed E-state index contributed by atoms with van der Waals surface area (Å²) in [5.41, 5.74) is 2.82. The predicted octanol–water partition coefficient (Wildman–Crippen LogP) is 5.53. The summed E-state index contributed by atoms with van der Waals surface area (Å²) in [5.74, 6) is 0.914. The minimum absolute atomic E-state index is 0.0864. The van der Waals surface area contributed by atoms with E-state index >= 15 is 0 Å². The van der Waals surface area contributed by atoms with Crippen LogP contribution in [-0.4, -0.2) is 18.6 Å². The largest absolute Gasteiger partial charge is 0.497 e. The summed E-state index contributed by atoms with van der Waals surface area (Å²) >= 11 is 3.62. The highest BCUT2D eigenvalue weighted by Crippen LogP contribution is 2.44. The molecule has 2 aromatic rings. The van der Waals surface area contributed by atoms with Crippen molar-refractivity contribution in [1.29, 1.82) is 0 Å². The Morgan fingerprint density at radius 3 is 2.57 bits per heavy atom. The smallest absolute Gasteiger partial charge is 0.118 e. The van der Waals surface area contributed by atoms with Gasteiger partial charge in [0.15, 0.2) is 0 Å². The lowest BCUT2D eigenvalue weighted by molar-refractivity contribution is 0.108. The normalized spacial score (nSPS) is 23.0. The number of benzene rings is 2. The molecule has 0 N–H and O–H groups in total. The summed E-state index contributed by atoms with van der Waals surface area (Å²) < 4.78 is 6.43. The van der Waals surface area contributed by atoms with E-state index in [9.17, 15) is 0 Å². The Morgan fingerprint density at radius 2 is 1.91 bits per heavy atom. The van der Waals surface area contributed by atoms with Gasteiger partial charge in [0.2, 0.25) is 0 Å². The van der Waals surface area contributed by atoms with Gasteiger partial charge in [-0.25, -0.2) is 0 Å². The number of hydrogen-bond acceptors (Lipinski definition) is 2. The third kappa shape index (κ3) is 3.17. The van der Waals surface area contributed by atoms with Crippen LogP contribution >= 0.6 is 15.9 Å². The highest BCUT2D eigenvalue weighted by molar-refractivity contribution is 9.10. The van der Waals surface area contributed by atoms with E-state index in [1.165, 1.54) is 24.0 Å². The maximum Gasteiger partial charge on any atom is 0.118 e. The average molecular weight is 374 g/mol. The van der Waals surface area contributed by atoms with E-state index in [0.717, 1.165) is 16.8 Å². The van der Waals surface area contributed by atoms with Crippen molar-refractivity contribution in [1.82, 2.24) is 4.90 Å². The first kappa shape index (κ1) is 16.5. The van der Waals surface area contributed by atoms with Crippen LogP contribution in [0.4, 0.5) is 0 Å². The van der Waals surface area contributed by atoms with E-state index in [-0.39, 0.29) is 5.54 Å². The monoisotopic (exact) mass is 373 g/mol. The van der Waals surface area contributed by atoms with Crippen molar-refractivity contribution in [3.8, 4) is 5.75 Å². The Hall–Kier alpha value is -1.32. The molecule has 1 fully saturated rings. The Labute approximate surface area is 147 Å². The second kappa shape index (κ2) is 6.66. The molecule has 0 aliphatic carbocycles. The van der Waals surface area contributed by atoms with Gasteiger partial charge in [-0.2, -0.15) is 0 Å². The minimum Gasteiger partial charge on any atom is -0.497 e. The van der Waals surface area contributed by atoms with E-state index in [0.29, 0.717) is 6.04 Å². The molecule has 1 heterocycles. The van der Waals surface area contributed by atoms with Crippen molar-refractivity contribution in [2.24, 2.45) is 0 Å². The van der Waals surface area contributed by atoms with Gasteiger partial charge >= 0.3 is 0 Å². The number of halogens is 1. The van der Waals surface area contributed by atoms with Gasteiger partial charge in [0.25, 0.3) is 0 Å². The van der Waals surface area contributed by atoms with E-state index in [1.54, 1.807) is 7.11 Å². The molecule has 3 heteroatoms. The summed E-state index contributed by atoms with van der Waals surface area (Å²) in [6.45, 7) is 5.82. The predicted molar refractivity (Wildman–Crippen MR) is 98.8 cm³/mol. The zero-order chi connectivity index (χ0) is 16.4. The lowest BCUT2D eigenvalue weighted by atomic mass is 9.88. The van der Waals surface area contributed by atoms with E-state index in [2.05, 4.69) is 83.2 Å². The van der Waals surface area contributed by atoms with Crippen molar-refractivity contribution >= 4 is 15.9 Å². The molecule has 2 nitrogen and oxygen atoms in total. The van der Waals surface area contributed by atoms with Gasteiger partial charge in [0.1, 0.15) is 5.75 Å². The molecule has 0 bridgehead atoms. The van der Waals surface area contributed by atoms with E-state index in [1.807, 2.05) is 0 Å². The molecule has 0 radical (unpaired) electrons. The van der Waals surface area contributed by atoms with Gasteiger partial charge in [-0.05, 0) is 68.6 Å². The highest BCUT2D eigenvalue weighted by Gasteiger charge is 2.40. The van der Waals surface area contributed by atoms with Crippen LogP contribution in [0.15, 0.2) is 53.0 Å². The molecular weight excluding hydrogens is 350 g/mol. The SMILES string of the molecule is COc1ccc([C@H](C)N2CCC[C@]2(C)c2cccc(Br)c2)cc1. The van der Waals surface area contributed by atoms with Crippen molar-refractivity contribution in [2.45, 2.75) is 38.3 Å². The van der Waals surface area contributed by atoms with Gasteiger partial charge in [-0.15, -0.1) is 0 Å². The quantitative estimate of drug-likeness (QED) is 0.698. The maximum absolute atomic E-state index is 5.28. The molecule has 0 amide bonds. The molecule has 2 atom stereocenters. The molecule has 0 unspecified atom stereocenters. The van der Waals surface area contributed by atoms with Crippen molar-refractivity contribution in [3.63, 3.8) is 0 Å². The van der Waals surface area contributed by atoms with Crippen molar-refractivity contribution < 1.29 is 4.74 Å². The molecular formula is C20H24BrNO. The van der Waals surface area contributed by atoms with Crippen molar-refractivity contribution in [2.75, 3.05) is 13.7 Å². The Kier molecular flexibility index (Phi) is 4.79. The second-order valence-electron chi connectivity index (χ2n) is 6.53. The molecule has 0 aromatic heterocycles. The molecule has 1 aliphatic heterocycles. The Morgan fingerprint density at radius 1 is 1.17 bits per heavy atom. The maximum atomic E-state index is 5.28. The minimum atomic E-state index is 0.0864. The summed E-state index contributed by atoms with van der Waals surface area (Å²) in [5, 5.41) is 0. The third-order valence-electron chi connectivity index (χ3n) is 5.21.